The minimum absolute atomic E-state index is 0.0760. The molecule has 0 unspecified atom stereocenters. The zero-order valence-electron chi connectivity index (χ0n) is 22.6. The predicted octanol–water partition coefficient (Wildman–Crippen LogP) is 6.70. The zero-order valence-corrected chi connectivity index (χ0v) is 26.2. The Kier molecular flexibility index (Phi) is 9.21. The first kappa shape index (κ1) is 28.5. The lowest BCUT2D eigenvalue weighted by atomic mass is 10.1. The molecule has 0 spiro atoms. The Labute approximate surface area is 252 Å². The summed E-state index contributed by atoms with van der Waals surface area (Å²) in [6, 6.07) is 54.2. The van der Waals surface area contributed by atoms with Crippen molar-refractivity contribution in [2.24, 2.45) is 0 Å². The summed E-state index contributed by atoms with van der Waals surface area (Å²) in [6.45, 7) is 0. The van der Waals surface area contributed by atoms with Gasteiger partial charge in [0.1, 0.15) is 0 Å². The van der Waals surface area contributed by atoms with Crippen LogP contribution in [0, 0.1) is 0 Å². The molecular weight excluding hydrogens is 588 g/mol. The second kappa shape index (κ2) is 13.6. The number of hydrogen-bond donors (Lipinski definition) is 0. The quantitative estimate of drug-likeness (QED) is 0.170. The van der Waals surface area contributed by atoms with Crippen LogP contribution in [0.15, 0.2) is 158 Å². The van der Waals surface area contributed by atoms with E-state index in [0.717, 1.165) is 21.7 Å². The van der Waals surface area contributed by atoms with E-state index in [1.54, 1.807) is 0 Å². The lowest BCUT2D eigenvalue weighted by Crippen LogP contribution is -2.30. The van der Waals surface area contributed by atoms with Crippen LogP contribution in [0.25, 0.3) is 11.1 Å². The third kappa shape index (κ3) is 5.83. The molecule has 6 rings (SSSR count). The van der Waals surface area contributed by atoms with Crippen LogP contribution in [0.5, 0.6) is 0 Å². The Hall–Kier alpha value is -3.62. The molecule has 0 aromatic heterocycles. The molecule has 6 aromatic rings. The van der Waals surface area contributed by atoms with Crippen LogP contribution in [0.4, 0.5) is 0 Å². The SMILES string of the molecule is O=Pc1cccc(P(c2ccccc2)c2ccccc2)c1-c1c(P=O)cccc1P(c1ccccc1)c1ccccc1. The van der Waals surface area contributed by atoms with Crippen LogP contribution < -0.4 is 42.4 Å². The molecule has 0 saturated heterocycles. The van der Waals surface area contributed by atoms with Gasteiger partial charge in [0.25, 0.3) is 0 Å². The normalized spacial score (nSPS) is 11.4. The molecule has 0 saturated carbocycles. The lowest BCUT2D eigenvalue weighted by Gasteiger charge is -2.27. The first-order valence-electron chi connectivity index (χ1n) is 13.5. The summed E-state index contributed by atoms with van der Waals surface area (Å²) in [4.78, 5) is 0. The van der Waals surface area contributed by atoms with E-state index in [2.05, 4.69) is 109 Å². The van der Waals surface area contributed by atoms with Crippen molar-refractivity contribution in [3.63, 3.8) is 0 Å². The van der Waals surface area contributed by atoms with Gasteiger partial charge in [-0.25, -0.2) is 0 Å². The number of hydrogen-bond acceptors (Lipinski definition) is 2. The molecular formula is C36H26O2P4. The minimum atomic E-state index is -1.01. The standard InChI is InChI=1S/C36H26O2P4/c37-39-31-23-13-25-33(41(27-15-5-1-6-16-27)28-17-7-2-8-18-28)35(31)36-32(40-38)24-14-26-34(36)42(29-19-9-3-10-20-29)30-21-11-4-12-22-30/h1-26H. The Morgan fingerprint density at radius 1 is 0.333 bits per heavy atom. The molecule has 0 aliphatic heterocycles. The van der Waals surface area contributed by atoms with Crippen molar-refractivity contribution >= 4 is 75.2 Å². The minimum Gasteiger partial charge on any atom is -0.269 e. The van der Waals surface area contributed by atoms with E-state index in [4.69, 9.17) is 0 Å². The lowest BCUT2D eigenvalue weighted by molar-refractivity contribution is 0.602. The van der Waals surface area contributed by atoms with Gasteiger partial charge in [-0.05, 0) is 59.8 Å². The zero-order chi connectivity index (χ0) is 28.7. The van der Waals surface area contributed by atoms with Crippen molar-refractivity contribution in [2.45, 2.75) is 0 Å². The van der Waals surface area contributed by atoms with Crippen molar-refractivity contribution in [1.29, 1.82) is 0 Å². The summed E-state index contributed by atoms with van der Waals surface area (Å²) < 4.78 is 25.8. The van der Waals surface area contributed by atoms with E-state index >= 15 is 0 Å². The van der Waals surface area contributed by atoms with Crippen LogP contribution in [-0.4, -0.2) is 0 Å². The largest absolute Gasteiger partial charge is 0.269 e. The van der Waals surface area contributed by atoms with Crippen molar-refractivity contribution in [3.05, 3.63) is 158 Å². The van der Waals surface area contributed by atoms with E-state index < -0.39 is 15.8 Å². The molecule has 0 radical (unpaired) electrons. The highest BCUT2D eigenvalue weighted by atomic mass is 31.1. The highest BCUT2D eigenvalue weighted by molar-refractivity contribution is 7.81. The van der Waals surface area contributed by atoms with Gasteiger partial charge in [0.15, 0.2) is 16.9 Å². The summed E-state index contributed by atoms with van der Waals surface area (Å²) in [5, 5.41) is 8.38. The highest BCUT2D eigenvalue weighted by Gasteiger charge is 2.28. The molecule has 0 amide bonds. The van der Waals surface area contributed by atoms with Crippen LogP contribution in [0.1, 0.15) is 0 Å². The monoisotopic (exact) mass is 614 g/mol. The van der Waals surface area contributed by atoms with Gasteiger partial charge in [-0.2, -0.15) is 0 Å². The smallest absolute Gasteiger partial charge is 0.192 e. The summed E-state index contributed by atoms with van der Waals surface area (Å²) >= 11 is 0. The first-order chi connectivity index (χ1) is 20.8. The Bertz CT molecular complexity index is 1600. The van der Waals surface area contributed by atoms with E-state index in [1.807, 2.05) is 48.5 Å². The fourth-order valence-corrected chi connectivity index (χ4v) is 11.3. The van der Waals surface area contributed by atoms with Gasteiger partial charge in [0.05, 0.1) is 10.6 Å². The maximum absolute atomic E-state index is 12.9. The van der Waals surface area contributed by atoms with Gasteiger partial charge in [0, 0.05) is 11.1 Å². The molecule has 0 aliphatic rings. The number of rotatable bonds is 9. The topological polar surface area (TPSA) is 34.1 Å². The Balaban J connectivity index is 1.70. The van der Waals surface area contributed by atoms with Crippen LogP contribution in [0.2, 0.25) is 0 Å². The average Bonchev–Trinajstić information content (AvgIpc) is 3.07. The predicted molar refractivity (Wildman–Crippen MR) is 184 cm³/mol. The molecule has 202 valence electrons. The van der Waals surface area contributed by atoms with Crippen molar-refractivity contribution in [3.8, 4) is 11.1 Å². The second-order valence-corrected chi connectivity index (χ2v) is 15.2. The van der Waals surface area contributed by atoms with Crippen molar-refractivity contribution < 1.29 is 9.13 Å². The molecule has 6 aromatic carbocycles. The molecule has 6 heteroatoms. The molecule has 0 bridgehead atoms. The van der Waals surface area contributed by atoms with Gasteiger partial charge in [-0.1, -0.05) is 146 Å². The molecule has 0 atom stereocenters. The highest BCUT2D eigenvalue weighted by Crippen LogP contribution is 2.41. The van der Waals surface area contributed by atoms with Crippen LogP contribution >= 0.6 is 32.8 Å². The van der Waals surface area contributed by atoms with E-state index in [0.29, 0.717) is 10.6 Å². The third-order valence-corrected chi connectivity index (χ3v) is 13.1. The van der Waals surface area contributed by atoms with Gasteiger partial charge >= 0.3 is 0 Å². The molecule has 2 nitrogen and oxygen atoms in total. The van der Waals surface area contributed by atoms with E-state index in [-0.39, 0.29) is 16.9 Å². The average molecular weight is 614 g/mol. The van der Waals surface area contributed by atoms with Crippen molar-refractivity contribution in [1.82, 2.24) is 0 Å². The van der Waals surface area contributed by atoms with Gasteiger partial charge < -0.3 is 0 Å². The maximum Gasteiger partial charge on any atom is 0.192 e. The maximum atomic E-state index is 12.9. The summed E-state index contributed by atoms with van der Waals surface area (Å²) in [7, 11) is -2.17. The molecule has 42 heavy (non-hydrogen) atoms. The summed E-state index contributed by atoms with van der Waals surface area (Å²) in [5.74, 6) is 0. The first-order valence-corrected chi connectivity index (χ1v) is 17.8. The Morgan fingerprint density at radius 3 is 0.881 bits per heavy atom. The van der Waals surface area contributed by atoms with Crippen LogP contribution in [0.3, 0.4) is 0 Å². The molecule has 0 aliphatic carbocycles. The van der Waals surface area contributed by atoms with Crippen molar-refractivity contribution in [2.75, 3.05) is 0 Å². The van der Waals surface area contributed by atoms with Gasteiger partial charge in [-0.3, -0.25) is 9.13 Å². The number of benzene rings is 6. The van der Waals surface area contributed by atoms with Gasteiger partial charge in [-0.15, -0.1) is 0 Å². The third-order valence-electron chi connectivity index (χ3n) is 7.03. The molecule has 0 heterocycles. The molecule has 0 N–H and O–H groups in total. The Morgan fingerprint density at radius 2 is 0.619 bits per heavy atom. The molecule has 0 fully saturated rings. The van der Waals surface area contributed by atoms with Crippen LogP contribution in [-0.2, 0) is 9.13 Å². The fourth-order valence-electron chi connectivity index (χ4n) is 5.26. The summed E-state index contributed by atoms with van der Waals surface area (Å²) in [6.07, 6.45) is 0. The van der Waals surface area contributed by atoms with E-state index in [1.165, 1.54) is 21.2 Å². The summed E-state index contributed by atoms with van der Waals surface area (Å²) in [5.41, 5.74) is 1.81. The second-order valence-electron chi connectivity index (χ2n) is 9.54. The fraction of sp³-hybridized carbons (Fsp3) is 0. The van der Waals surface area contributed by atoms with E-state index in [9.17, 15) is 9.13 Å². The van der Waals surface area contributed by atoms with Gasteiger partial charge in [0.2, 0.25) is 0 Å².